The third kappa shape index (κ3) is 5.66. The topological polar surface area (TPSA) is 61.9 Å². The lowest BCUT2D eigenvalue weighted by molar-refractivity contribution is -0.130. The van der Waals surface area contributed by atoms with Crippen molar-refractivity contribution >= 4 is 57.5 Å². The van der Waals surface area contributed by atoms with Gasteiger partial charge in [-0.05, 0) is 6.92 Å². The van der Waals surface area contributed by atoms with Crippen molar-refractivity contribution in [1.29, 1.82) is 0 Å². The molecule has 1 rings (SSSR count). The van der Waals surface area contributed by atoms with Gasteiger partial charge < -0.3 is 10.1 Å². The summed E-state index contributed by atoms with van der Waals surface area (Å²) in [5.41, 5.74) is 0. The molecule has 8 heteroatoms. The number of carbonyl (C=O) groups is 2. The van der Waals surface area contributed by atoms with Gasteiger partial charge in [0.1, 0.15) is 6.04 Å². The van der Waals surface area contributed by atoms with Crippen LogP contribution in [0.4, 0.5) is 0 Å². The van der Waals surface area contributed by atoms with Crippen molar-refractivity contribution < 1.29 is 14.3 Å². The fourth-order valence-corrected chi connectivity index (χ4v) is 2.29. The Morgan fingerprint density at radius 3 is 2.53 bits per heavy atom. The summed E-state index contributed by atoms with van der Waals surface area (Å²) < 4.78 is 6.61. The Bertz CT molecular complexity index is 283. The summed E-state index contributed by atoms with van der Waals surface area (Å²) in [5.74, 6) is -0.246. The van der Waals surface area contributed by atoms with E-state index in [1.54, 1.807) is 6.92 Å². The lowest BCUT2D eigenvalue weighted by Gasteiger charge is -2.26. The molecule has 1 atom stereocenters. The van der Waals surface area contributed by atoms with E-state index in [2.05, 4.69) is 5.32 Å². The standard InChI is InChI=1S/C9H15I2N3O3/c1-7(9(16)14(10)11)12-8(15)6-13-2-4-17-5-3-13/h7H,2-6H2,1H3,(H,12,15)/t7-/m0/s1. The number of hydrogen-bond donors (Lipinski definition) is 1. The van der Waals surface area contributed by atoms with E-state index in [1.165, 1.54) is 1.33 Å². The van der Waals surface area contributed by atoms with Crippen LogP contribution in [0, 0.1) is 0 Å². The summed E-state index contributed by atoms with van der Waals surface area (Å²) in [6.45, 7) is 4.86. The highest BCUT2D eigenvalue weighted by Gasteiger charge is 2.20. The maximum atomic E-state index is 11.7. The molecule has 1 aliphatic heterocycles. The zero-order chi connectivity index (χ0) is 12.8. The number of hydrogen-bond acceptors (Lipinski definition) is 4. The van der Waals surface area contributed by atoms with Crippen molar-refractivity contribution in [1.82, 2.24) is 11.5 Å². The van der Waals surface area contributed by atoms with E-state index in [0.29, 0.717) is 19.8 Å². The number of nitrogens with one attached hydrogen (secondary N) is 1. The molecule has 0 unspecified atom stereocenters. The van der Waals surface area contributed by atoms with Gasteiger partial charge in [-0.2, -0.15) is 0 Å². The molecule has 98 valence electrons. The van der Waals surface area contributed by atoms with E-state index in [0.717, 1.165) is 13.1 Å². The molecule has 2 amide bonds. The van der Waals surface area contributed by atoms with E-state index in [4.69, 9.17) is 4.74 Å². The van der Waals surface area contributed by atoms with Crippen LogP contribution < -0.4 is 5.32 Å². The molecule has 6 nitrogen and oxygen atoms in total. The molecule has 1 saturated heterocycles. The van der Waals surface area contributed by atoms with Crippen LogP contribution in [0.25, 0.3) is 0 Å². The average molecular weight is 467 g/mol. The minimum absolute atomic E-state index is 0.123. The van der Waals surface area contributed by atoms with E-state index in [9.17, 15) is 9.59 Å². The highest BCUT2D eigenvalue weighted by Crippen LogP contribution is 2.09. The zero-order valence-electron chi connectivity index (χ0n) is 9.49. The Morgan fingerprint density at radius 2 is 2.00 bits per heavy atom. The molecule has 0 saturated carbocycles. The third-order valence-electron chi connectivity index (χ3n) is 2.39. The largest absolute Gasteiger partial charge is 0.379 e. The number of rotatable bonds is 4. The van der Waals surface area contributed by atoms with Crippen LogP contribution in [0.1, 0.15) is 6.92 Å². The normalized spacial score (nSPS) is 18.5. The molecule has 0 aromatic carbocycles. The minimum atomic E-state index is -0.489. The van der Waals surface area contributed by atoms with E-state index in [1.807, 2.05) is 50.6 Å². The van der Waals surface area contributed by atoms with Gasteiger partial charge in [-0.15, -0.1) is 0 Å². The van der Waals surface area contributed by atoms with Crippen LogP contribution in [0.5, 0.6) is 0 Å². The van der Waals surface area contributed by atoms with Crippen LogP contribution in [-0.2, 0) is 14.3 Å². The van der Waals surface area contributed by atoms with E-state index >= 15 is 0 Å². The predicted molar refractivity (Wildman–Crippen MR) is 79.7 cm³/mol. The fraction of sp³-hybridized carbons (Fsp3) is 0.778. The number of carbonyl (C=O) groups excluding carboxylic acids is 2. The van der Waals surface area contributed by atoms with Crippen LogP contribution in [0.15, 0.2) is 0 Å². The van der Waals surface area contributed by atoms with E-state index < -0.39 is 6.04 Å². The monoisotopic (exact) mass is 467 g/mol. The van der Waals surface area contributed by atoms with Gasteiger partial charge in [-0.25, -0.2) is 1.33 Å². The maximum Gasteiger partial charge on any atom is 0.262 e. The third-order valence-corrected chi connectivity index (χ3v) is 3.34. The average Bonchev–Trinajstić information content (AvgIpc) is 2.28. The van der Waals surface area contributed by atoms with Gasteiger partial charge in [-0.1, -0.05) is 0 Å². The number of halogens is 2. The summed E-state index contributed by atoms with van der Waals surface area (Å²) >= 11 is 3.76. The minimum Gasteiger partial charge on any atom is -0.379 e. The van der Waals surface area contributed by atoms with Gasteiger partial charge >= 0.3 is 0 Å². The smallest absolute Gasteiger partial charge is 0.262 e. The molecule has 17 heavy (non-hydrogen) atoms. The Balaban J connectivity index is 2.30. The lowest BCUT2D eigenvalue weighted by atomic mass is 10.3. The quantitative estimate of drug-likeness (QED) is 0.480. The van der Waals surface area contributed by atoms with E-state index in [-0.39, 0.29) is 11.8 Å². The molecule has 1 heterocycles. The molecule has 0 spiro atoms. The summed E-state index contributed by atoms with van der Waals surface area (Å²) in [4.78, 5) is 25.2. The molecule has 1 aliphatic rings. The summed E-state index contributed by atoms with van der Waals surface area (Å²) in [6, 6.07) is -0.489. The second-order valence-electron chi connectivity index (χ2n) is 3.75. The van der Waals surface area contributed by atoms with Crippen molar-refractivity contribution in [2.24, 2.45) is 0 Å². The first-order chi connectivity index (χ1) is 8.00. The zero-order valence-corrected chi connectivity index (χ0v) is 13.8. The lowest BCUT2D eigenvalue weighted by Crippen LogP contribution is -2.48. The molecule has 0 aromatic heterocycles. The van der Waals surface area contributed by atoms with Crippen LogP contribution in [0.2, 0.25) is 0 Å². The van der Waals surface area contributed by atoms with Gasteiger partial charge in [0, 0.05) is 13.1 Å². The molecule has 1 fully saturated rings. The predicted octanol–water partition coefficient (Wildman–Crippen LogP) is 0.352. The maximum absolute atomic E-state index is 11.7. The fourth-order valence-electron chi connectivity index (χ4n) is 1.46. The van der Waals surface area contributed by atoms with Crippen molar-refractivity contribution in [3.8, 4) is 0 Å². The molecule has 0 aromatic rings. The van der Waals surface area contributed by atoms with Crippen molar-refractivity contribution in [3.63, 3.8) is 0 Å². The SMILES string of the molecule is C[C@H](NC(=O)CN1CCOCC1)C(=O)N(I)I. The Morgan fingerprint density at radius 1 is 1.41 bits per heavy atom. The highest BCUT2D eigenvalue weighted by molar-refractivity contribution is 14.2. The second-order valence-corrected chi connectivity index (χ2v) is 7.52. The molecular formula is C9H15I2N3O3. The van der Waals surface area contributed by atoms with Crippen LogP contribution in [0.3, 0.4) is 0 Å². The first-order valence-electron chi connectivity index (χ1n) is 5.25. The number of nitrogens with zero attached hydrogens (tertiary/aromatic N) is 2. The number of amides is 2. The summed E-state index contributed by atoms with van der Waals surface area (Å²) in [7, 11) is 0. The first-order valence-corrected chi connectivity index (χ1v) is 7.18. The molecule has 0 aliphatic carbocycles. The van der Waals surface area contributed by atoms with Crippen molar-refractivity contribution in [2.75, 3.05) is 32.8 Å². The van der Waals surface area contributed by atoms with Gasteiger partial charge in [0.15, 0.2) is 0 Å². The highest BCUT2D eigenvalue weighted by atomic mass is 127. The van der Waals surface area contributed by atoms with Crippen LogP contribution >= 0.6 is 45.7 Å². The molecule has 0 bridgehead atoms. The van der Waals surface area contributed by atoms with Gasteiger partial charge in [0.2, 0.25) is 5.91 Å². The van der Waals surface area contributed by atoms with Crippen molar-refractivity contribution in [3.05, 3.63) is 0 Å². The Kier molecular flexibility index (Phi) is 6.95. The Labute approximate surface area is 128 Å². The second kappa shape index (κ2) is 7.69. The molecular weight excluding hydrogens is 452 g/mol. The van der Waals surface area contributed by atoms with Gasteiger partial charge in [0.05, 0.1) is 65.5 Å². The molecule has 1 N–H and O–H groups in total. The van der Waals surface area contributed by atoms with Gasteiger partial charge in [-0.3, -0.25) is 14.5 Å². The number of ether oxygens (including phenoxy) is 1. The summed E-state index contributed by atoms with van der Waals surface area (Å²) in [5, 5.41) is 2.69. The van der Waals surface area contributed by atoms with Crippen LogP contribution in [-0.4, -0.2) is 56.9 Å². The van der Waals surface area contributed by atoms with Crippen molar-refractivity contribution in [2.45, 2.75) is 13.0 Å². The first kappa shape index (κ1) is 15.4. The summed E-state index contributed by atoms with van der Waals surface area (Å²) in [6.07, 6.45) is 0. The Hall–Kier alpha value is 0.320. The number of morpholine rings is 1. The molecule has 0 radical (unpaired) electrons. The van der Waals surface area contributed by atoms with Gasteiger partial charge in [0.25, 0.3) is 5.91 Å².